The number of anilines is 1. The lowest BCUT2D eigenvalue weighted by atomic mass is 10.1. The van der Waals surface area contributed by atoms with Gasteiger partial charge in [0.1, 0.15) is 12.6 Å². The van der Waals surface area contributed by atoms with Crippen LogP contribution >= 0.6 is 46.4 Å². The van der Waals surface area contributed by atoms with Crippen molar-refractivity contribution in [1.82, 2.24) is 10.2 Å². The third-order valence-corrected chi connectivity index (χ3v) is 7.17. The predicted molar refractivity (Wildman–Crippen MR) is 129 cm³/mol. The zero-order valence-electron chi connectivity index (χ0n) is 17.4. The van der Waals surface area contributed by atoms with Crippen molar-refractivity contribution in [3.05, 3.63) is 62.1 Å². The van der Waals surface area contributed by atoms with Crippen molar-refractivity contribution in [3.8, 4) is 0 Å². The van der Waals surface area contributed by atoms with Crippen LogP contribution in [-0.2, 0) is 26.2 Å². The Morgan fingerprint density at radius 3 is 2.16 bits per heavy atom. The molecule has 1 N–H and O–H groups in total. The van der Waals surface area contributed by atoms with E-state index in [9.17, 15) is 18.0 Å². The van der Waals surface area contributed by atoms with E-state index in [-0.39, 0.29) is 27.3 Å². The smallest absolute Gasteiger partial charge is 0.244 e. The van der Waals surface area contributed by atoms with Crippen molar-refractivity contribution >= 4 is 73.9 Å². The van der Waals surface area contributed by atoms with E-state index in [0.29, 0.717) is 10.6 Å². The second kappa shape index (κ2) is 10.9. The summed E-state index contributed by atoms with van der Waals surface area (Å²) in [6.07, 6.45) is 0.930. The summed E-state index contributed by atoms with van der Waals surface area (Å²) in [5.41, 5.74) is 0.582. The second-order valence-corrected chi connectivity index (χ2v) is 10.4. The van der Waals surface area contributed by atoms with E-state index < -0.39 is 34.4 Å². The monoisotopic (exact) mass is 539 g/mol. The molecule has 0 bridgehead atoms. The molecule has 7 nitrogen and oxygen atoms in total. The first-order chi connectivity index (χ1) is 14.9. The fourth-order valence-corrected chi connectivity index (χ4v) is 4.64. The number of carbonyl (C=O) groups is 2. The zero-order chi connectivity index (χ0) is 24.2. The topological polar surface area (TPSA) is 86.8 Å². The molecule has 1 atom stereocenters. The minimum Gasteiger partial charge on any atom is -0.357 e. The highest BCUT2D eigenvalue weighted by atomic mass is 35.5. The number of likely N-dealkylation sites (N-methyl/N-ethyl adjacent to an activating group) is 1. The predicted octanol–water partition coefficient (Wildman–Crippen LogP) is 4.23. The van der Waals surface area contributed by atoms with Gasteiger partial charge < -0.3 is 10.2 Å². The van der Waals surface area contributed by atoms with Gasteiger partial charge in [0.25, 0.3) is 0 Å². The largest absolute Gasteiger partial charge is 0.357 e. The zero-order valence-corrected chi connectivity index (χ0v) is 21.2. The van der Waals surface area contributed by atoms with Crippen LogP contribution in [0.2, 0.25) is 20.1 Å². The Hall–Kier alpha value is -1.71. The first-order valence-corrected chi connectivity index (χ1v) is 12.6. The third-order valence-electron chi connectivity index (χ3n) is 4.65. The highest BCUT2D eigenvalue weighted by Gasteiger charge is 2.31. The highest BCUT2D eigenvalue weighted by molar-refractivity contribution is 7.92. The van der Waals surface area contributed by atoms with Crippen molar-refractivity contribution in [2.75, 3.05) is 24.2 Å². The molecule has 2 rings (SSSR count). The van der Waals surface area contributed by atoms with E-state index in [4.69, 9.17) is 46.4 Å². The first-order valence-electron chi connectivity index (χ1n) is 9.23. The number of nitrogens with one attached hydrogen (secondary N) is 1. The van der Waals surface area contributed by atoms with Crippen LogP contribution in [-0.4, -0.2) is 51.0 Å². The summed E-state index contributed by atoms with van der Waals surface area (Å²) in [6, 6.07) is 8.49. The Morgan fingerprint density at radius 2 is 1.59 bits per heavy atom. The van der Waals surface area contributed by atoms with Crippen LogP contribution in [0, 0.1) is 0 Å². The van der Waals surface area contributed by atoms with E-state index in [1.807, 2.05) is 0 Å². The van der Waals surface area contributed by atoms with Gasteiger partial charge in [-0.3, -0.25) is 13.9 Å². The molecule has 174 valence electrons. The molecule has 12 heteroatoms. The maximum absolute atomic E-state index is 13.3. The average Bonchev–Trinajstić information content (AvgIpc) is 2.72. The molecule has 32 heavy (non-hydrogen) atoms. The average molecular weight is 541 g/mol. The lowest BCUT2D eigenvalue weighted by molar-refractivity contribution is -0.139. The number of sulfonamides is 1. The SMILES string of the molecule is CNC(=O)C(C)N(Cc1ccccc1Cl)C(=O)CN(c1cc(Cl)c(Cl)cc1Cl)S(C)(=O)=O. The number of carbonyl (C=O) groups excluding carboxylic acids is 2. The fraction of sp³-hybridized carbons (Fsp3) is 0.300. The number of halogens is 4. The van der Waals surface area contributed by atoms with E-state index in [2.05, 4.69) is 5.32 Å². The number of rotatable bonds is 8. The number of hydrogen-bond donors (Lipinski definition) is 1. The van der Waals surface area contributed by atoms with Gasteiger partial charge in [-0.2, -0.15) is 0 Å². The third kappa shape index (κ3) is 6.42. The summed E-state index contributed by atoms with van der Waals surface area (Å²) < 4.78 is 25.9. The molecule has 0 saturated carbocycles. The fourth-order valence-electron chi connectivity index (χ4n) is 2.90. The van der Waals surface area contributed by atoms with Crippen LogP contribution in [0.15, 0.2) is 36.4 Å². The normalized spacial score (nSPS) is 12.2. The van der Waals surface area contributed by atoms with E-state index >= 15 is 0 Å². The summed E-state index contributed by atoms with van der Waals surface area (Å²) >= 11 is 24.4. The van der Waals surface area contributed by atoms with E-state index in [1.54, 1.807) is 24.3 Å². The lowest BCUT2D eigenvalue weighted by Gasteiger charge is -2.31. The second-order valence-electron chi connectivity index (χ2n) is 6.89. The van der Waals surface area contributed by atoms with Gasteiger partial charge in [0.05, 0.1) is 27.0 Å². The summed E-state index contributed by atoms with van der Waals surface area (Å²) in [6.45, 7) is 0.895. The molecule has 2 aromatic carbocycles. The molecule has 0 aliphatic carbocycles. The number of benzene rings is 2. The van der Waals surface area contributed by atoms with Gasteiger partial charge >= 0.3 is 0 Å². The van der Waals surface area contributed by atoms with Crippen LogP contribution < -0.4 is 9.62 Å². The molecule has 0 heterocycles. The van der Waals surface area contributed by atoms with Gasteiger partial charge in [-0.1, -0.05) is 64.6 Å². The molecule has 2 amide bonds. The van der Waals surface area contributed by atoms with Crippen molar-refractivity contribution in [2.45, 2.75) is 19.5 Å². The Labute approximate surface area is 207 Å². The van der Waals surface area contributed by atoms with Gasteiger partial charge in [0.15, 0.2) is 0 Å². The van der Waals surface area contributed by atoms with Crippen LogP contribution in [0.3, 0.4) is 0 Å². The van der Waals surface area contributed by atoms with Gasteiger partial charge in [-0.05, 0) is 30.7 Å². The minimum absolute atomic E-state index is 0.00497. The summed E-state index contributed by atoms with van der Waals surface area (Å²) in [4.78, 5) is 26.8. The van der Waals surface area contributed by atoms with Crippen LogP contribution in [0.5, 0.6) is 0 Å². The van der Waals surface area contributed by atoms with Crippen molar-refractivity contribution in [2.24, 2.45) is 0 Å². The maximum atomic E-state index is 13.3. The Kier molecular flexibility index (Phi) is 9.07. The lowest BCUT2D eigenvalue weighted by Crippen LogP contribution is -2.50. The van der Waals surface area contributed by atoms with Crippen molar-refractivity contribution in [1.29, 1.82) is 0 Å². The Balaban J connectivity index is 2.47. The minimum atomic E-state index is -3.96. The van der Waals surface area contributed by atoms with Crippen LogP contribution in [0.25, 0.3) is 0 Å². The van der Waals surface area contributed by atoms with Gasteiger partial charge in [-0.25, -0.2) is 8.42 Å². The standard InChI is InChI=1S/C20H21Cl4N3O4S/c1-12(20(29)25-2)26(10-13-6-4-5-7-14(13)21)19(28)11-27(32(3,30)31)18-9-16(23)15(22)8-17(18)24/h4-9,12H,10-11H2,1-3H3,(H,25,29). The molecule has 0 radical (unpaired) electrons. The van der Waals surface area contributed by atoms with Crippen molar-refractivity contribution in [3.63, 3.8) is 0 Å². The van der Waals surface area contributed by atoms with Gasteiger partial charge in [0.2, 0.25) is 21.8 Å². The summed E-state index contributed by atoms with van der Waals surface area (Å²) in [5, 5.41) is 3.09. The molecule has 1 unspecified atom stereocenters. The quantitative estimate of drug-likeness (QED) is 0.507. The Morgan fingerprint density at radius 1 is 1.00 bits per heavy atom. The molecule has 0 spiro atoms. The number of nitrogens with zero attached hydrogens (tertiary/aromatic N) is 2. The van der Waals surface area contributed by atoms with Gasteiger partial charge in [-0.15, -0.1) is 0 Å². The summed E-state index contributed by atoms with van der Waals surface area (Å²) in [5.74, 6) is -1.07. The van der Waals surface area contributed by atoms with Gasteiger partial charge in [0, 0.05) is 18.6 Å². The molecule has 0 aliphatic heterocycles. The summed E-state index contributed by atoms with van der Waals surface area (Å²) in [7, 11) is -2.52. The number of amides is 2. The van der Waals surface area contributed by atoms with Crippen LogP contribution in [0.1, 0.15) is 12.5 Å². The van der Waals surface area contributed by atoms with E-state index in [0.717, 1.165) is 10.6 Å². The highest BCUT2D eigenvalue weighted by Crippen LogP contribution is 2.35. The van der Waals surface area contributed by atoms with Crippen molar-refractivity contribution < 1.29 is 18.0 Å². The maximum Gasteiger partial charge on any atom is 0.244 e. The molecule has 0 fully saturated rings. The van der Waals surface area contributed by atoms with E-state index in [1.165, 1.54) is 31.0 Å². The molecule has 2 aromatic rings. The molecular weight excluding hydrogens is 520 g/mol. The molecule has 0 saturated heterocycles. The molecule has 0 aliphatic rings. The first kappa shape index (κ1) is 26.5. The van der Waals surface area contributed by atoms with Crippen LogP contribution in [0.4, 0.5) is 5.69 Å². The Bertz CT molecular complexity index is 1130. The molecule has 0 aromatic heterocycles. The molecular formula is C20H21Cl4N3O4S. The number of hydrogen-bond acceptors (Lipinski definition) is 4.